The lowest BCUT2D eigenvalue weighted by molar-refractivity contribution is 0.0325. The maximum absolute atomic E-state index is 5.35. The second-order valence-corrected chi connectivity index (χ2v) is 5.71. The Kier molecular flexibility index (Phi) is 5.41. The molecule has 1 fully saturated rings. The fraction of sp³-hybridized carbons (Fsp3) is 0.615. The van der Waals surface area contributed by atoms with Crippen LogP contribution in [0.25, 0.3) is 0 Å². The molecule has 0 saturated carbocycles. The highest BCUT2D eigenvalue weighted by molar-refractivity contribution is 9.10. The Morgan fingerprint density at radius 2 is 2.22 bits per heavy atom. The molecule has 2 heterocycles. The number of morpholine rings is 1. The van der Waals surface area contributed by atoms with E-state index in [0.717, 1.165) is 49.6 Å². The highest BCUT2D eigenvalue weighted by atomic mass is 79.9. The maximum Gasteiger partial charge on any atom is 0.0594 e. The first-order chi connectivity index (χ1) is 8.74. The predicted molar refractivity (Wildman–Crippen MR) is 76.8 cm³/mol. The van der Waals surface area contributed by atoms with Crippen molar-refractivity contribution < 1.29 is 4.74 Å². The topological polar surface area (TPSA) is 37.4 Å². The molecule has 2 rings (SSSR count). The summed E-state index contributed by atoms with van der Waals surface area (Å²) in [7, 11) is 0. The third-order valence-electron chi connectivity index (χ3n) is 3.03. The molecular formula is C13H20BrN3O. The highest BCUT2D eigenvalue weighted by Gasteiger charge is 2.13. The number of anilines is 1. The number of hydrogen-bond donors (Lipinski definition) is 1. The Morgan fingerprint density at radius 1 is 1.44 bits per heavy atom. The van der Waals surface area contributed by atoms with Crippen molar-refractivity contribution in [2.45, 2.75) is 6.92 Å². The average Bonchev–Trinajstić information content (AvgIpc) is 2.38. The summed E-state index contributed by atoms with van der Waals surface area (Å²) >= 11 is 3.42. The standard InChI is InChI=1S/C13H20BrN3O/c1-11(10-17-2-4-18-5-3-17)7-16-13-6-12(14)8-15-9-13/h6,8-9,11,16H,2-5,7,10H2,1H3. The van der Waals surface area contributed by atoms with Gasteiger partial charge in [0.15, 0.2) is 0 Å². The minimum absolute atomic E-state index is 0.613. The Balaban J connectivity index is 1.72. The first-order valence-corrected chi connectivity index (χ1v) is 7.18. The van der Waals surface area contributed by atoms with Gasteiger partial charge >= 0.3 is 0 Å². The number of hydrogen-bond acceptors (Lipinski definition) is 4. The first-order valence-electron chi connectivity index (χ1n) is 6.38. The monoisotopic (exact) mass is 313 g/mol. The van der Waals surface area contributed by atoms with Crippen LogP contribution in [0.4, 0.5) is 5.69 Å². The smallest absolute Gasteiger partial charge is 0.0594 e. The van der Waals surface area contributed by atoms with Gasteiger partial charge in [-0.3, -0.25) is 9.88 Å². The van der Waals surface area contributed by atoms with Crippen LogP contribution < -0.4 is 5.32 Å². The largest absolute Gasteiger partial charge is 0.383 e. The summed E-state index contributed by atoms with van der Waals surface area (Å²) in [6, 6.07) is 2.05. The lowest BCUT2D eigenvalue weighted by Crippen LogP contribution is -2.40. The summed E-state index contributed by atoms with van der Waals surface area (Å²) in [6.07, 6.45) is 3.65. The van der Waals surface area contributed by atoms with E-state index in [1.165, 1.54) is 0 Å². The molecule has 0 aromatic carbocycles. The molecular weight excluding hydrogens is 294 g/mol. The van der Waals surface area contributed by atoms with Crippen LogP contribution in [0.2, 0.25) is 0 Å². The zero-order valence-corrected chi connectivity index (χ0v) is 12.3. The van der Waals surface area contributed by atoms with Crippen molar-refractivity contribution in [2.24, 2.45) is 5.92 Å². The van der Waals surface area contributed by atoms with Crippen LogP contribution in [0.15, 0.2) is 22.9 Å². The van der Waals surface area contributed by atoms with E-state index in [2.05, 4.69) is 44.1 Å². The number of nitrogens with one attached hydrogen (secondary N) is 1. The SMILES string of the molecule is CC(CNc1cncc(Br)c1)CN1CCOCC1. The Morgan fingerprint density at radius 3 is 2.94 bits per heavy atom. The van der Waals surface area contributed by atoms with Gasteiger partial charge in [0.25, 0.3) is 0 Å². The molecule has 100 valence electrons. The van der Waals surface area contributed by atoms with Gasteiger partial charge in [0.1, 0.15) is 0 Å². The molecule has 5 heteroatoms. The molecule has 1 aliphatic rings. The fourth-order valence-electron chi connectivity index (χ4n) is 2.09. The third kappa shape index (κ3) is 4.55. The van der Waals surface area contributed by atoms with Crippen LogP contribution in [0.1, 0.15) is 6.92 Å². The van der Waals surface area contributed by atoms with E-state index in [1.54, 1.807) is 6.20 Å². The van der Waals surface area contributed by atoms with Gasteiger partial charge in [-0.1, -0.05) is 6.92 Å². The summed E-state index contributed by atoms with van der Waals surface area (Å²) in [4.78, 5) is 6.61. The molecule has 0 aliphatic carbocycles. The van der Waals surface area contributed by atoms with E-state index in [1.807, 2.05) is 6.20 Å². The number of rotatable bonds is 5. The number of nitrogens with zero attached hydrogens (tertiary/aromatic N) is 2. The second kappa shape index (κ2) is 7.07. The number of aromatic nitrogens is 1. The summed E-state index contributed by atoms with van der Waals surface area (Å²) in [5.74, 6) is 0.613. The average molecular weight is 314 g/mol. The Hall–Kier alpha value is -0.650. The van der Waals surface area contributed by atoms with Crippen molar-refractivity contribution >= 4 is 21.6 Å². The van der Waals surface area contributed by atoms with Crippen molar-refractivity contribution in [3.63, 3.8) is 0 Å². The normalized spacial score (nSPS) is 18.6. The molecule has 0 amide bonds. The summed E-state index contributed by atoms with van der Waals surface area (Å²) in [5.41, 5.74) is 1.07. The van der Waals surface area contributed by atoms with Crippen molar-refractivity contribution in [1.29, 1.82) is 0 Å². The van der Waals surface area contributed by atoms with E-state index in [0.29, 0.717) is 5.92 Å². The van der Waals surface area contributed by atoms with Gasteiger partial charge < -0.3 is 10.1 Å². The molecule has 1 atom stereocenters. The summed E-state index contributed by atoms with van der Waals surface area (Å²) in [5, 5.41) is 3.42. The van der Waals surface area contributed by atoms with Gasteiger partial charge in [0.2, 0.25) is 0 Å². The van der Waals surface area contributed by atoms with Crippen LogP contribution >= 0.6 is 15.9 Å². The zero-order valence-electron chi connectivity index (χ0n) is 10.7. The lowest BCUT2D eigenvalue weighted by Gasteiger charge is -2.29. The van der Waals surface area contributed by atoms with Gasteiger partial charge in [0, 0.05) is 36.8 Å². The zero-order chi connectivity index (χ0) is 12.8. The molecule has 0 spiro atoms. The van der Waals surface area contributed by atoms with Crippen molar-refractivity contribution in [3.05, 3.63) is 22.9 Å². The van der Waals surface area contributed by atoms with Gasteiger partial charge in [-0.25, -0.2) is 0 Å². The third-order valence-corrected chi connectivity index (χ3v) is 3.47. The minimum atomic E-state index is 0.613. The van der Waals surface area contributed by atoms with Crippen LogP contribution in [0, 0.1) is 5.92 Å². The maximum atomic E-state index is 5.35. The van der Waals surface area contributed by atoms with E-state index in [9.17, 15) is 0 Å². The lowest BCUT2D eigenvalue weighted by atomic mass is 10.1. The van der Waals surface area contributed by atoms with Crippen LogP contribution in [-0.4, -0.2) is 49.3 Å². The van der Waals surface area contributed by atoms with Crippen molar-refractivity contribution in [3.8, 4) is 0 Å². The van der Waals surface area contributed by atoms with Gasteiger partial charge in [-0.05, 0) is 27.9 Å². The molecule has 1 aromatic heterocycles. The van der Waals surface area contributed by atoms with Crippen molar-refractivity contribution in [2.75, 3.05) is 44.7 Å². The first kappa shape index (κ1) is 13.8. The van der Waals surface area contributed by atoms with Crippen LogP contribution in [0.3, 0.4) is 0 Å². The van der Waals surface area contributed by atoms with Gasteiger partial charge in [-0.2, -0.15) is 0 Å². The fourth-order valence-corrected chi connectivity index (χ4v) is 2.45. The molecule has 1 aromatic rings. The van der Waals surface area contributed by atoms with E-state index in [4.69, 9.17) is 4.74 Å². The Bertz CT molecular complexity index is 369. The molecule has 0 radical (unpaired) electrons. The minimum Gasteiger partial charge on any atom is -0.383 e. The van der Waals surface area contributed by atoms with E-state index in [-0.39, 0.29) is 0 Å². The van der Waals surface area contributed by atoms with E-state index >= 15 is 0 Å². The summed E-state index contributed by atoms with van der Waals surface area (Å²) in [6.45, 7) is 8.22. The van der Waals surface area contributed by atoms with Crippen LogP contribution in [-0.2, 0) is 4.74 Å². The number of halogens is 1. The summed E-state index contributed by atoms with van der Waals surface area (Å²) < 4.78 is 6.36. The van der Waals surface area contributed by atoms with Crippen LogP contribution in [0.5, 0.6) is 0 Å². The molecule has 1 unspecified atom stereocenters. The predicted octanol–water partition coefficient (Wildman–Crippen LogP) is 2.22. The number of pyridine rings is 1. The van der Waals surface area contributed by atoms with Crippen molar-refractivity contribution in [1.82, 2.24) is 9.88 Å². The van der Waals surface area contributed by atoms with Gasteiger partial charge in [0.05, 0.1) is 25.1 Å². The number of ether oxygens (including phenoxy) is 1. The molecule has 18 heavy (non-hydrogen) atoms. The molecule has 0 bridgehead atoms. The quantitative estimate of drug-likeness (QED) is 0.904. The molecule has 4 nitrogen and oxygen atoms in total. The van der Waals surface area contributed by atoms with E-state index < -0.39 is 0 Å². The highest BCUT2D eigenvalue weighted by Crippen LogP contribution is 2.14. The van der Waals surface area contributed by atoms with Gasteiger partial charge in [-0.15, -0.1) is 0 Å². The molecule has 1 N–H and O–H groups in total. The second-order valence-electron chi connectivity index (χ2n) is 4.79. The molecule has 1 saturated heterocycles. The molecule has 1 aliphatic heterocycles. The Labute approximate surface area is 117 Å².